The minimum Gasteiger partial charge on any atom is -0.294 e. The zero-order valence-electron chi connectivity index (χ0n) is 13.6. The van der Waals surface area contributed by atoms with E-state index in [0.29, 0.717) is 24.3 Å². The Hall–Kier alpha value is -2.20. The maximum Gasteiger partial charge on any atom is 0.269 e. The molecular formula is C19H18ClNO3. The third kappa shape index (κ3) is 2.61. The van der Waals surface area contributed by atoms with Gasteiger partial charge in [-0.05, 0) is 40.8 Å². The molecule has 1 aliphatic rings. The summed E-state index contributed by atoms with van der Waals surface area (Å²) in [4.78, 5) is 23.0. The molecule has 3 rings (SSSR count). The first-order chi connectivity index (χ1) is 11.4. The van der Waals surface area contributed by atoms with Crippen molar-refractivity contribution >= 4 is 23.1 Å². The lowest BCUT2D eigenvalue weighted by molar-refractivity contribution is -0.384. The SMILES string of the molecule is CC1(C)c2cc(C(=O)CCCCl)ccc2-c2ccc([N+](=O)[O-])cc21. The first kappa shape index (κ1) is 16.7. The highest BCUT2D eigenvalue weighted by Crippen LogP contribution is 2.49. The van der Waals surface area contributed by atoms with Gasteiger partial charge >= 0.3 is 0 Å². The summed E-state index contributed by atoms with van der Waals surface area (Å²) in [5.74, 6) is 0.549. The summed E-state index contributed by atoms with van der Waals surface area (Å²) < 4.78 is 0. The molecule has 0 radical (unpaired) electrons. The molecule has 2 aromatic rings. The third-order valence-electron chi connectivity index (χ3n) is 4.73. The Morgan fingerprint density at radius 2 is 1.75 bits per heavy atom. The molecule has 1 aliphatic carbocycles. The highest BCUT2D eigenvalue weighted by molar-refractivity contribution is 6.18. The second-order valence-electron chi connectivity index (χ2n) is 6.59. The van der Waals surface area contributed by atoms with Crippen LogP contribution in [0.1, 0.15) is 48.2 Å². The van der Waals surface area contributed by atoms with Crippen molar-refractivity contribution in [3.63, 3.8) is 0 Å². The molecule has 0 saturated carbocycles. The molecule has 5 heteroatoms. The zero-order chi connectivity index (χ0) is 17.5. The zero-order valence-corrected chi connectivity index (χ0v) is 14.4. The molecule has 0 saturated heterocycles. The smallest absolute Gasteiger partial charge is 0.269 e. The van der Waals surface area contributed by atoms with Gasteiger partial charge in [0.25, 0.3) is 5.69 Å². The Balaban J connectivity index is 2.07. The number of fused-ring (bicyclic) bond motifs is 3. The number of halogens is 1. The number of Topliss-reactive ketones (excluding diaryl/α,β-unsaturated/α-hetero) is 1. The van der Waals surface area contributed by atoms with Gasteiger partial charge < -0.3 is 0 Å². The number of alkyl halides is 1. The number of hydrogen-bond donors (Lipinski definition) is 0. The van der Waals surface area contributed by atoms with Crippen LogP contribution in [0.4, 0.5) is 5.69 Å². The van der Waals surface area contributed by atoms with Crippen molar-refractivity contribution in [1.29, 1.82) is 0 Å². The van der Waals surface area contributed by atoms with Crippen LogP contribution < -0.4 is 0 Å². The Morgan fingerprint density at radius 1 is 1.12 bits per heavy atom. The molecule has 0 aromatic heterocycles. The quantitative estimate of drug-likeness (QED) is 0.328. The van der Waals surface area contributed by atoms with Crippen molar-refractivity contribution in [2.75, 3.05) is 5.88 Å². The van der Waals surface area contributed by atoms with E-state index in [1.165, 1.54) is 6.07 Å². The molecule has 0 aliphatic heterocycles. The van der Waals surface area contributed by atoms with Crippen LogP contribution in [-0.2, 0) is 5.41 Å². The number of nitro benzene ring substituents is 1. The van der Waals surface area contributed by atoms with Crippen molar-refractivity contribution < 1.29 is 9.72 Å². The third-order valence-corrected chi connectivity index (χ3v) is 5.00. The fourth-order valence-corrected chi connectivity index (χ4v) is 3.52. The van der Waals surface area contributed by atoms with Gasteiger partial charge in [-0.1, -0.05) is 26.0 Å². The van der Waals surface area contributed by atoms with Gasteiger partial charge in [0.15, 0.2) is 5.78 Å². The molecule has 0 bridgehead atoms. The minimum atomic E-state index is -0.376. The van der Waals surface area contributed by atoms with Crippen LogP contribution in [-0.4, -0.2) is 16.6 Å². The Kier molecular flexibility index (Phi) is 4.18. The molecule has 0 fully saturated rings. The van der Waals surface area contributed by atoms with Gasteiger partial charge in [-0.2, -0.15) is 0 Å². The predicted octanol–water partition coefficient (Wildman–Crippen LogP) is 5.10. The minimum absolute atomic E-state index is 0.0798. The van der Waals surface area contributed by atoms with E-state index in [1.54, 1.807) is 12.1 Å². The number of non-ortho nitro benzene ring substituents is 1. The van der Waals surface area contributed by atoms with E-state index in [9.17, 15) is 14.9 Å². The van der Waals surface area contributed by atoms with Crippen molar-refractivity contribution in [2.45, 2.75) is 32.1 Å². The average Bonchev–Trinajstić information content (AvgIpc) is 2.80. The maximum absolute atomic E-state index is 12.3. The van der Waals surface area contributed by atoms with Crippen LogP contribution in [0, 0.1) is 10.1 Å². The fraction of sp³-hybridized carbons (Fsp3) is 0.316. The molecule has 0 N–H and O–H groups in total. The maximum atomic E-state index is 12.3. The van der Waals surface area contributed by atoms with E-state index in [0.717, 1.165) is 22.3 Å². The number of carbonyl (C=O) groups is 1. The first-order valence-corrected chi connectivity index (χ1v) is 8.42. The highest BCUT2D eigenvalue weighted by Gasteiger charge is 2.37. The predicted molar refractivity (Wildman–Crippen MR) is 94.9 cm³/mol. The van der Waals surface area contributed by atoms with E-state index >= 15 is 0 Å². The van der Waals surface area contributed by atoms with Gasteiger partial charge in [-0.25, -0.2) is 0 Å². The van der Waals surface area contributed by atoms with E-state index in [1.807, 2.05) is 32.0 Å². The number of nitro groups is 1. The van der Waals surface area contributed by atoms with Crippen molar-refractivity contribution in [3.8, 4) is 11.1 Å². The second kappa shape index (κ2) is 6.02. The van der Waals surface area contributed by atoms with Crippen LogP contribution in [0.2, 0.25) is 0 Å². The molecule has 0 heterocycles. The van der Waals surface area contributed by atoms with Gasteiger partial charge in [0, 0.05) is 35.4 Å². The number of hydrogen-bond acceptors (Lipinski definition) is 3. The van der Waals surface area contributed by atoms with Crippen molar-refractivity contribution in [1.82, 2.24) is 0 Å². The summed E-state index contributed by atoms with van der Waals surface area (Å²) in [7, 11) is 0. The molecule has 0 amide bonds. The lowest BCUT2D eigenvalue weighted by atomic mass is 9.81. The Bertz CT molecular complexity index is 843. The van der Waals surface area contributed by atoms with Gasteiger partial charge in [-0.15, -0.1) is 11.6 Å². The van der Waals surface area contributed by atoms with Gasteiger partial charge in [0.2, 0.25) is 0 Å². The molecule has 24 heavy (non-hydrogen) atoms. The molecule has 0 unspecified atom stereocenters. The summed E-state index contributed by atoms with van der Waals surface area (Å²) in [5, 5.41) is 11.1. The summed E-state index contributed by atoms with van der Waals surface area (Å²) in [5.41, 5.74) is 4.40. The fourth-order valence-electron chi connectivity index (χ4n) is 3.38. The van der Waals surface area contributed by atoms with Crippen LogP contribution in [0.15, 0.2) is 36.4 Å². The standard InChI is InChI=1S/C19H18ClNO3/c1-19(2)16-10-12(18(22)4-3-9-20)5-7-14(16)15-8-6-13(21(23)24)11-17(15)19/h5-8,10-11H,3-4,9H2,1-2H3. The van der Waals surface area contributed by atoms with Crippen molar-refractivity contribution in [2.24, 2.45) is 0 Å². The largest absolute Gasteiger partial charge is 0.294 e. The summed E-state index contributed by atoms with van der Waals surface area (Å²) in [6, 6.07) is 10.7. The number of nitrogens with zero attached hydrogens (tertiary/aromatic N) is 1. The van der Waals surface area contributed by atoms with E-state index in [2.05, 4.69) is 0 Å². The molecule has 4 nitrogen and oxygen atoms in total. The number of carbonyl (C=O) groups excluding carboxylic acids is 1. The van der Waals surface area contributed by atoms with E-state index in [4.69, 9.17) is 11.6 Å². The number of ketones is 1. The molecule has 0 spiro atoms. The van der Waals surface area contributed by atoms with Gasteiger partial charge in [0.1, 0.15) is 0 Å². The second-order valence-corrected chi connectivity index (χ2v) is 6.97. The van der Waals surface area contributed by atoms with Crippen LogP contribution in [0.5, 0.6) is 0 Å². The highest BCUT2D eigenvalue weighted by atomic mass is 35.5. The van der Waals surface area contributed by atoms with Gasteiger partial charge in [-0.3, -0.25) is 14.9 Å². The van der Waals surface area contributed by atoms with Crippen molar-refractivity contribution in [3.05, 3.63) is 63.2 Å². The van der Waals surface area contributed by atoms with Crippen LogP contribution in [0.25, 0.3) is 11.1 Å². The summed E-state index contributed by atoms with van der Waals surface area (Å²) in [6.07, 6.45) is 1.09. The molecule has 2 aromatic carbocycles. The number of benzene rings is 2. The lowest BCUT2D eigenvalue weighted by Gasteiger charge is -2.21. The van der Waals surface area contributed by atoms with E-state index < -0.39 is 0 Å². The molecular weight excluding hydrogens is 326 g/mol. The average molecular weight is 344 g/mol. The first-order valence-electron chi connectivity index (χ1n) is 7.89. The number of rotatable bonds is 5. The lowest BCUT2D eigenvalue weighted by Crippen LogP contribution is -2.16. The summed E-state index contributed by atoms with van der Waals surface area (Å²) in [6.45, 7) is 4.07. The summed E-state index contributed by atoms with van der Waals surface area (Å²) >= 11 is 5.67. The van der Waals surface area contributed by atoms with Crippen LogP contribution in [0.3, 0.4) is 0 Å². The molecule has 0 atom stereocenters. The van der Waals surface area contributed by atoms with Gasteiger partial charge in [0.05, 0.1) is 4.92 Å². The Morgan fingerprint density at radius 3 is 2.38 bits per heavy atom. The van der Waals surface area contributed by atoms with Crippen LogP contribution >= 0.6 is 11.6 Å². The Labute approximate surface area is 145 Å². The topological polar surface area (TPSA) is 60.2 Å². The monoisotopic (exact) mass is 343 g/mol. The van der Waals surface area contributed by atoms with E-state index in [-0.39, 0.29) is 21.8 Å². The normalized spacial score (nSPS) is 14.1. The molecule has 124 valence electrons.